The van der Waals surface area contributed by atoms with E-state index in [1.165, 1.54) is 0 Å². The van der Waals surface area contributed by atoms with E-state index in [0.717, 1.165) is 19.3 Å². The molecule has 6 atom stereocenters. The topological polar surface area (TPSA) is 57.6 Å². The summed E-state index contributed by atoms with van der Waals surface area (Å²) in [5.74, 6) is 0.0650. The molecule has 0 aromatic rings. The molecule has 2 fully saturated rings. The number of piperidine rings is 1. The maximum Gasteiger partial charge on any atom is 0.308 e. The highest BCUT2D eigenvalue weighted by Gasteiger charge is 2.45. The van der Waals surface area contributed by atoms with Crippen LogP contribution in [0.15, 0.2) is 0 Å². The predicted molar refractivity (Wildman–Crippen MR) is 77.2 cm³/mol. The Morgan fingerprint density at radius 3 is 2.35 bits per heavy atom. The zero-order valence-corrected chi connectivity index (χ0v) is 13.0. The van der Waals surface area contributed by atoms with E-state index in [0.29, 0.717) is 18.3 Å². The lowest BCUT2D eigenvalue weighted by molar-refractivity contribution is -0.159. The maximum atomic E-state index is 12.4. The van der Waals surface area contributed by atoms with Crippen LogP contribution in [0.4, 0.5) is 0 Å². The van der Waals surface area contributed by atoms with Gasteiger partial charge in [-0.1, -0.05) is 20.8 Å². The quantitative estimate of drug-likeness (QED) is 0.846. The molecule has 20 heavy (non-hydrogen) atoms. The van der Waals surface area contributed by atoms with Crippen LogP contribution in [0.5, 0.6) is 0 Å². The van der Waals surface area contributed by atoms with Gasteiger partial charge in [0.1, 0.15) is 0 Å². The van der Waals surface area contributed by atoms with Crippen LogP contribution in [0, 0.1) is 23.7 Å². The molecule has 6 unspecified atom stereocenters. The fourth-order valence-electron chi connectivity index (χ4n) is 4.38. The Hall–Kier alpha value is -1.06. The predicted octanol–water partition coefficient (Wildman–Crippen LogP) is 2.77. The van der Waals surface area contributed by atoms with Gasteiger partial charge < -0.3 is 10.0 Å². The Morgan fingerprint density at radius 1 is 1.15 bits per heavy atom. The lowest BCUT2D eigenvalue weighted by atomic mass is 9.75. The van der Waals surface area contributed by atoms with Gasteiger partial charge in [-0.15, -0.1) is 0 Å². The smallest absolute Gasteiger partial charge is 0.308 e. The van der Waals surface area contributed by atoms with Gasteiger partial charge >= 0.3 is 5.97 Å². The monoisotopic (exact) mass is 281 g/mol. The SMILES string of the molecule is CC1CCC(N2C(=O)CC(C)C(C(=O)O)C2C)C(C)C1. The molecule has 1 aliphatic heterocycles. The lowest BCUT2D eigenvalue weighted by Crippen LogP contribution is -2.58. The third-order valence-electron chi connectivity index (χ3n) is 5.38. The minimum absolute atomic E-state index is 0.0657. The largest absolute Gasteiger partial charge is 0.481 e. The molecule has 1 N–H and O–H groups in total. The summed E-state index contributed by atoms with van der Waals surface area (Å²) in [5, 5.41) is 9.45. The molecule has 2 aliphatic rings. The second-order valence-electron chi connectivity index (χ2n) is 7.05. The van der Waals surface area contributed by atoms with Gasteiger partial charge in [-0.25, -0.2) is 0 Å². The molecule has 1 amide bonds. The normalized spacial score (nSPS) is 42.6. The van der Waals surface area contributed by atoms with Crippen molar-refractivity contribution in [2.45, 2.75) is 65.5 Å². The van der Waals surface area contributed by atoms with E-state index in [4.69, 9.17) is 0 Å². The lowest BCUT2D eigenvalue weighted by Gasteiger charge is -2.48. The average molecular weight is 281 g/mol. The minimum Gasteiger partial charge on any atom is -0.481 e. The molecule has 0 spiro atoms. The molecule has 1 saturated heterocycles. The number of amides is 1. The third-order valence-corrected chi connectivity index (χ3v) is 5.38. The van der Waals surface area contributed by atoms with Crippen LogP contribution in [0.3, 0.4) is 0 Å². The molecule has 114 valence electrons. The van der Waals surface area contributed by atoms with E-state index in [1.54, 1.807) is 0 Å². The van der Waals surface area contributed by atoms with E-state index in [9.17, 15) is 14.7 Å². The Kier molecular flexibility index (Phi) is 4.40. The van der Waals surface area contributed by atoms with Crippen molar-refractivity contribution in [1.82, 2.24) is 4.90 Å². The molecule has 1 heterocycles. The Morgan fingerprint density at radius 2 is 1.80 bits per heavy atom. The summed E-state index contributed by atoms with van der Waals surface area (Å²) >= 11 is 0. The molecule has 4 nitrogen and oxygen atoms in total. The maximum absolute atomic E-state index is 12.4. The molecule has 0 aromatic carbocycles. The van der Waals surface area contributed by atoms with Crippen LogP contribution in [-0.2, 0) is 9.59 Å². The molecular formula is C16H27NO3. The van der Waals surface area contributed by atoms with Crippen LogP contribution in [0.2, 0.25) is 0 Å². The standard InChI is InChI=1S/C16H27NO3/c1-9-5-6-13(10(2)7-9)17-12(4)15(16(19)20)11(3)8-14(17)18/h9-13,15H,5-8H2,1-4H3,(H,19,20). The van der Waals surface area contributed by atoms with Crippen molar-refractivity contribution >= 4 is 11.9 Å². The molecule has 1 aliphatic carbocycles. The molecule has 1 saturated carbocycles. The third kappa shape index (κ3) is 2.70. The van der Waals surface area contributed by atoms with E-state index in [1.807, 2.05) is 18.7 Å². The minimum atomic E-state index is -0.765. The van der Waals surface area contributed by atoms with Crippen molar-refractivity contribution in [3.05, 3.63) is 0 Å². The number of nitrogens with zero attached hydrogens (tertiary/aromatic N) is 1. The van der Waals surface area contributed by atoms with E-state index in [2.05, 4.69) is 13.8 Å². The number of carbonyl (C=O) groups is 2. The van der Waals surface area contributed by atoms with Crippen molar-refractivity contribution in [3.63, 3.8) is 0 Å². The van der Waals surface area contributed by atoms with Gasteiger partial charge in [0, 0.05) is 18.5 Å². The summed E-state index contributed by atoms with van der Waals surface area (Å²) < 4.78 is 0. The highest BCUT2D eigenvalue weighted by Crippen LogP contribution is 2.38. The molecule has 2 rings (SSSR count). The molecule has 4 heteroatoms. The van der Waals surface area contributed by atoms with Crippen LogP contribution < -0.4 is 0 Å². The van der Waals surface area contributed by atoms with Gasteiger partial charge in [-0.05, 0) is 43.9 Å². The fraction of sp³-hybridized carbons (Fsp3) is 0.875. The molecular weight excluding hydrogens is 254 g/mol. The summed E-state index contributed by atoms with van der Waals surface area (Å²) in [6.45, 7) is 8.26. The van der Waals surface area contributed by atoms with Crippen LogP contribution in [0.1, 0.15) is 53.4 Å². The van der Waals surface area contributed by atoms with Gasteiger partial charge in [0.2, 0.25) is 5.91 Å². The summed E-state index contributed by atoms with van der Waals surface area (Å²) in [4.78, 5) is 25.9. The Bertz CT molecular complexity index is 395. The summed E-state index contributed by atoms with van der Waals surface area (Å²) in [5.41, 5.74) is 0. The van der Waals surface area contributed by atoms with E-state index >= 15 is 0 Å². The Labute approximate surface area is 121 Å². The first kappa shape index (κ1) is 15.3. The first-order valence-corrected chi connectivity index (χ1v) is 7.86. The number of carboxylic acid groups (broad SMARTS) is 1. The van der Waals surface area contributed by atoms with E-state index in [-0.39, 0.29) is 23.9 Å². The number of hydrogen-bond donors (Lipinski definition) is 1. The number of aliphatic carboxylic acids is 1. The van der Waals surface area contributed by atoms with Crippen molar-refractivity contribution < 1.29 is 14.7 Å². The number of carboxylic acids is 1. The summed E-state index contributed by atoms with van der Waals surface area (Å²) in [6.07, 6.45) is 3.66. The van der Waals surface area contributed by atoms with Gasteiger partial charge in [0.15, 0.2) is 0 Å². The summed E-state index contributed by atoms with van der Waals surface area (Å²) in [6, 6.07) is 0.0349. The number of hydrogen-bond acceptors (Lipinski definition) is 2. The van der Waals surface area contributed by atoms with Crippen molar-refractivity contribution in [2.75, 3.05) is 0 Å². The highest BCUT2D eigenvalue weighted by atomic mass is 16.4. The average Bonchev–Trinajstić information content (AvgIpc) is 2.30. The Balaban J connectivity index is 2.21. The van der Waals surface area contributed by atoms with Gasteiger partial charge in [0.25, 0.3) is 0 Å². The number of likely N-dealkylation sites (tertiary alicyclic amines) is 1. The van der Waals surface area contributed by atoms with Crippen LogP contribution >= 0.6 is 0 Å². The van der Waals surface area contributed by atoms with Crippen molar-refractivity contribution in [3.8, 4) is 0 Å². The highest BCUT2D eigenvalue weighted by molar-refractivity contribution is 5.82. The first-order chi connectivity index (χ1) is 9.32. The van der Waals surface area contributed by atoms with Gasteiger partial charge in [0.05, 0.1) is 5.92 Å². The molecule has 0 radical (unpaired) electrons. The zero-order valence-electron chi connectivity index (χ0n) is 13.0. The van der Waals surface area contributed by atoms with Crippen molar-refractivity contribution in [1.29, 1.82) is 0 Å². The molecule has 0 bridgehead atoms. The first-order valence-electron chi connectivity index (χ1n) is 7.86. The second kappa shape index (κ2) is 5.74. The number of rotatable bonds is 2. The van der Waals surface area contributed by atoms with Gasteiger partial charge in [-0.3, -0.25) is 9.59 Å². The van der Waals surface area contributed by atoms with Crippen molar-refractivity contribution in [2.24, 2.45) is 23.7 Å². The number of carbonyl (C=O) groups excluding carboxylic acids is 1. The molecule has 0 aromatic heterocycles. The zero-order chi connectivity index (χ0) is 15.0. The van der Waals surface area contributed by atoms with Crippen LogP contribution in [-0.4, -0.2) is 34.0 Å². The summed E-state index contributed by atoms with van der Waals surface area (Å²) in [7, 11) is 0. The van der Waals surface area contributed by atoms with Gasteiger partial charge in [-0.2, -0.15) is 0 Å². The fourth-order valence-corrected chi connectivity index (χ4v) is 4.38. The second-order valence-corrected chi connectivity index (χ2v) is 7.05. The van der Waals surface area contributed by atoms with Crippen LogP contribution in [0.25, 0.3) is 0 Å². The van der Waals surface area contributed by atoms with E-state index < -0.39 is 11.9 Å².